The molecule has 0 radical (unpaired) electrons. The van der Waals surface area contributed by atoms with Crippen molar-refractivity contribution in [3.63, 3.8) is 0 Å². The highest BCUT2D eigenvalue weighted by Crippen LogP contribution is 2.45. The molecule has 0 atom stereocenters. The molecule has 4 heteroatoms. The largest absolute Gasteiger partial charge is 0.338 e. The monoisotopic (exact) mass is 507 g/mol. The Morgan fingerprint density at radius 3 is 2.35 bits per heavy atom. The van der Waals surface area contributed by atoms with Gasteiger partial charge in [0.05, 0.1) is 36.2 Å². The smallest absolute Gasteiger partial charge is 0.212 e. The number of nitrogens with zero attached hydrogens (tertiary/aromatic N) is 3. The third-order valence-corrected chi connectivity index (χ3v) is 8.98. The fourth-order valence-electron chi connectivity index (χ4n) is 4.96. The lowest BCUT2D eigenvalue weighted by Crippen LogP contribution is -2.42. The van der Waals surface area contributed by atoms with Crippen LogP contribution in [0.1, 0.15) is 30.5 Å². The Balaban J connectivity index is 1.59. The predicted molar refractivity (Wildman–Crippen MR) is 159 cm³/mol. The molecule has 0 saturated carbocycles. The molecule has 188 valence electrons. The van der Waals surface area contributed by atoms with E-state index in [4.69, 9.17) is 0 Å². The number of para-hydroxylation sites is 2. The van der Waals surface area contributed by atoms with Crippen molar-refractivity contribution < 1.29 is 9.05 Å². The molecule has 4 aromatic rings. The highest BCUT2D eigenvalue weighted by molar-refractivity contribution is 8.03. The van der Waals surface area contributed by atoms with Crippen LogP contribution in [0.5, 0.6) is 0 Å². The lowest BCUT2D eigenvalue weighted by Gasteiger charge is -2.32. The molecule has 37 heavy (non-hydrogen) atoms. The second kappa shape index (κ2) is 10.6. The first-order valence-electron chi connectivity index (χ1n) is 13.1. The van der Waals surface area contributed by atoms with E-state index >= 15 is 0 Å². The van der Waals surface area contributed by atoms with Gasteiger partial charge in [-0.2, -0.15) is 0 Å². The van der Waals surface area contributed by atoms with Crippen molar-refractivity contribution in [3.05, 3.63) is 113 Å². The molecule has 1 aliphatic heterocycles. The van der Waals surface area contributed by atoms with Gasteiger partial charge in [0.25, 0.3) is 0 Å². The van der Waals surface area contributed by atoms with E-state index < -0.39 is 0 Å². The lowest BCUT2D eigenvalue weighted by atomic mass is 9.99. The Morgan fingerprint density at radius 1 is 0.919 bits per heavy atom. The Kier molecular flexibility index (Phi) is 7.23. The first-order chi connectivity index (χ1) is 17.9. The van der Waals surface area contributed by atoms with E-state index in [2.05, 4.69) is 142 Å². The van der Waals surface area contributed by atoms with Gasteiger partial charge in [-0.15, -0.1) is 0 Å². The second-order valence-electron chi connectivity index (χ2n) is 10.2. The van der Waals surface area contributed by atoms with E-state index in [1.165, 1.54) is 48.8 Å². The molecule has 0 saturated heterocycles. The van der Waals surface area contributed by atoms with Crippen LogP contribution >= 0.6 is 11.8 Å². The summed E-state index contributed by atoms with van der Waals surface area (Å²) in [5, 5.41) is 2.50. The summed E-state index contributed by atoms with van der Waals surface area (Å²) in [7, 11) is 6.62. The summed E-state index contributed by atoms with van der Waals surface area (Å²) in [6.07, 6.45) is 6.85. The van der Waals surface area contributed by atoms with Crippen LogP contribution in [0.15, 0.2) is 101 Å². The molecule has 2 heterocycles. The maximum absolute atomic E-state index is 2.35. The van der Waals surface area contributed by atoms with Crippen molar-refractivity contribution in [1.82, 2.24) is 0 Å². The maximum Gasteiger partial charge on any atom is 0.212 e. The van der Waals surface area contributed by atoms with Crippen molar-refractivity contribution in [2.75, 3.05) is 32.1 Å². The summed E-state index contributed by atoms with van der Waals surface area (Å²) < 4.78 is 3.24. The molecule has 0 spiro atoms. The van der Waals surface area contributed by atoms with Crippen LogP contribution in [0, 0.1) is 0 Å². The average molecular weight is 508 g/mol. The van der Waals surface area contributed by atoms with Gasteiger partial charge >= 0.3 is 0 Å². The minimum Gasteiger partial charge on any atom is -0.338 e. The van der Waals surface area contributed by atoms with Gasteiger partial charge in [-0.3, -0.25) is 0 Å². The lowest BCUT2D eigenvalue weighted by molar-refractivity contribution is -0.919. The summed E-state index contributed by atoms with van der Waals surface area (Å²) >= 11 is 1.84. The fraction of sp³-hybridized carbons (Fsp3) is 0.242. The maximum atomic E-state index is 2.35. The van der Waals surface area contributed by atoms with Gasteiger partial charge in [0.1, 0.15) is 13.6 Å². The zero-order valence-corrected chi connectivity index (χ0v) is 23.4. The molecule has 0 N–H and O–H groups in total. The van der Waals surface area contributed by atoms with E-state index in [0.29, 0.717) is 0 Å². The van der Waals surface area contributed by atoms with E-state index in [0.717, 1.165) is 24.1 Å². The highest BCUT2D eigenvalue weighted by Gasteiger charge is 2.22. The van der Waals surface area contributed by atoms with Gasteiger partial charge in [-0.1, -0.05) is 60.3 Å². The van der Waals surface area contributed by atoms with E-state index in [1.54, 1.807) is 0 Å². The predicted octanol–water partition coefficient (Wildman–Crippen LogP) is 7.27. The Labute approximate surface area is 226 Å². The summed E-state index contributed by atoms with van der Waals surface area (Å²) in [4.78, 5) is 3.61. The van der Waals surface area contributed by atoms with E-state index in [-0.39, 0.29) is 0 Å². The fourth-order valence-corrected chi connectivity index (χ4v) is 6.06. The summed E-state index contributed by atoms with van der Waals surface area (Å²) in [6.45, 7) is 7.89. The average Bonchev–Trinajstić information content (AvgIpc) is 3.25. The molecule has 0 fully saturated rings. The third kappa shape index (κ3) is 5.22. The Morgan fingerprint density at radius 2 is 1.62 bits per heavy atom. The van der Waals surface area contributed by atoms with Gasteiger partial charge in [-0.25, -0.2) is 4.57 Å². The molecule has 5 rings (SSSR count). The number of benzene rings is 3. The highest BCUT2D eigenvalue weighted by atomic mass is 32.2. The first kappa shape index (κ1) is 25.3. The van der Waals surface area contributed by atoms with E-state index in [9.17, 15) is 0 Å². The number of allylic oxidation sites excluding steroid dienone is 2. The molecular formula is C33H37N3S+2. The standard InChI is InChI=1S/C33H37N3S/c1-6-36(5,7-2)24-25-16-18-26(19-17-25)28(23-33-35(4)31-14-10-11-15-32(31)37-33)22-27-20-21-34(3)30-13-9-8-12-29(27)30/h8-23H,6-7,24H2,1-5H3/q+2. The van der Waals surface area contributed by atoms with E-state index in [1.807, 2.05) is 11.8 Å². The van der Waals surface area contributed by atoms with Crippen LogP contribution in [0.3, 0.4) is 0 Å². The SMILES string of the molecule is CC[N+](C)(CC)Cc1ccc(C(=C\c2cc[n+](C)c3ccccc23)/C=C2/Sc3ccccc3N2C)cc1. The van der Waals surface area contributed by atoms with Gasteiger partial charge in [0.15, 0.2) is 6.20 Å². The van der Waals surface area contributed by atoms with Crippen molar-refractivity contribution in [3.8, 4) is 0 Å². The molecule has 0 bridgehead atoms. The minimum atomic E-state index is 1.05. The van der Waals surface area contributed by atoms with Crippen molar-refractivity contribution in [2.24, 2.45) is 7.05 Å². The number of aryl methyl sites for hydroxylation is 1. The van der Waals surface area contributed by atoms with Gasteiger partial charge < -0.3 is 9.38 Å². The molecule has 3 nitrogen and oxygen atoms in total. The number of fused-ring (bicyclic) bond motifs is 2. The molecule has 0 unspecified atom stereocenters. The quantitative estimate of drug-likeness (QED) is 0.192. The summed E-state index contributed by atoms with van der Waals surface area (Å²) in [5.41, 5.74) is 7.57. The Bertz CT molecular complexity index is 1480. The van der Waals surface area contributed by atoms with Crippen molar-refractivity contribution in [1.29, 1.82) is 0 Å². The number of thioether (sulfide) groups is 1. The zero-order valence-electron chi connectivity index (χ0n) is 22.6. The summed E-state index contributed by atoms with van der Waals surface area (Å²) in [5.74, 6) is 0. The first-order valence-corrected chi connectivity index (χ1v) is 14.0. The normalized spacial score (nSPS) is 15.0. The van der Waals surface area contributed by atoms with Crippen LogP contribution in [0.4, 0.5) is 5.69 Å². The number of anilines is 1. The molecular weight excluding hydrogens is 470 g/mol. The number of aromatic nitrogens is 1. The molecule has 1 aliphatic rings. The van der Waals surface area contributed by atoms with Crippen LogP contribution < -0.4 is 9.47 Å². The number of hydrogen-bond donors (Lipinski definition) is 0. The second-order valence-corrected chi connectivity index (χ2v) is 11.3. The number of rotatable bonds is 7. The van der Waals surface area contributed by atoms with Gasteiger partial charge in [-0.05, 0) is 60.9 Å². The van der Waals surface area contributed by atoms with Crippen LogP contribution in [0.2, 0.25) is 0 Å². The third-order valence-electron chi connectivity index (χ3n) is 7.81. The number of hydrogen-bond acceptors (Lipinski definition) is 2. The van der Waals surface area contributed by atoms with Crippen LogP contribution in [-0.4, -0.2) is 31.7 Å². The molecule has 0 aliphatic carbocycles. The molecule has 1 aromatic heterocycles. The molecule has 0 amide bonds. The van der Waals surface area contributed by atoms with Crippen molar-refractivity contribution >= 4 is 40.0 Å². The Hall–Kier alpha value is -3.34. The van der Waals surface area contributed by atoms with Crippen LogP contribution in [0.25, 0.3) is 22.6 Å². The van der Waals surface area contributed by atoms with Gasteiger partial charge in [0, 0.05) is 29.6 Å². The number of quaternary nitrogens is 1. The van der Waals surface area contributed by atoms with Crippen molar-refractivity contribution in [2.45, 2.75) is 25.3 Å². The summed E-state index contributed by atoms with van der Waals surface area (Å²) in [6, 6.07) is 28.7. The zero-order chi connectivity index (χ0) is 26.0. The topological polar surface area (TPSA) is 7.12 Å². The number of pyridine rings is 1. The molecule has 3 aromatic carbocycles. The van der Waals surface area contributed by atoms with Crippen LogP contribution in [-0.2, 0) is 13.6 Å². The minimum absolute atomic E-state index is 1.05. The van der Waals surface area contributed by atoms with Gasteiger partial charge in [0.2, 0.25) is 5.52 Å².